The number of nitrogens with two attached hydrogens (primary N) is 1. The number of rotatable bonds is 6. The molecule has 1 aliphatic heterocycles. The van der Waals surface area contributed by atoms with Crippen molar-refractivity contribution in [2.45, 2.75) is 32.9 Å². The third-order valence-corrected chi connectivity index (χ3v) is 4.82. The number of carbonyl (C=O) groups excluding carboxylic acids is 1. The Labute approximate surface area is 167 Å². The lowest BCUT2D eigenvalue weighted by Crippen LogP contribution is -2.41. The smallest absolute Gasteiger partial charge is 0.254 e. The molecule has 3 aromatic rings. The number of hydrogen-bond acceptors (Lipinski definition) is 6. The van der Waals surface area contributed by atoms with E-state index in [0.29, 0.717) is 48.3 Å². The molecular formula is C20H22FN5O3. The van der Waals surface area contributed by atoms with E-state index in [4.69, 9.17) is 15.2 Å². The fourth-order valence-electron chi connectivity index (χ4n) is 3.32. The molecule has 3 heterocycles. The molecule has 1 aliphatic rings. The molecule has 1 unspecified atom stereocenters. The summed E-state index contributed by atoms with van der Waals surface area (Å²) in [5.41, 5.74) is 6.72. The molecule has 0 saturated carbocycles. The van der Waals surface area contributed by atoms with Crippen molar-refractivity contribution in [3.8, 4) is 11.5 Å². The van der Waals surface area contributed by atoms with Gasteiger partial charge in [-0.1, -0.05) is 6.92 Å². The fourth-order valence-corrected chi connectivity index (χ4v) is 3.32. The van der Waals surface area contributed by atoms with Crippen LogP contribution in [0.1, 0.15) is 36.2 Å². The number of ether oxygens (including phenoxy) is 2. The van der Waals surface area contributed by atoms with Gasteiger partial charge in [-0.15, -0.1) is 0 Å². The highest BCUT2D eigenvalue weighted by Gasteiger charge is 2.29. The van der Waals surface area contributed by atoms with Crippen molar-refractivity contribution in [1.82, 2.24) is 14.6 Å². The Hall–Kier alpha value is -3.36. The van der Waals surface area contributed by atoms with Crippen LogP contribution < -0.4 is 20.1 Å². The van der Waals surface area contributed by atoms with Gasteiger partial charge in [-0.25, -0.2) is 13.9 Å². The Bertz CT molecular complexity index is 1070. The number of fused-ring (bicyclic) bond motifs is 2. The number of primary amides is 1. The van der Waals surface area contributed by atoms with Gasteiger partial charge in [-0.05, 0) is 31.5 Å². The summed E-state index contributed by atoms with van der Waals surface area (Å²) in [6, 6.07) is 4.47. The summed E-state index contributed by atoms with van der Waals surface area (Å²) in [5, 5.41) is 4.12. The van der Waals surface area contributed by atoms with Gasteiger partial charge in [-0.2, -0.15) is 5.10 Å². The first-order chi connectivity index (χ1) is 14.0. The molecule has 1 aromatic carbocycles. The van der Waals surface area contributed by atoms with Gasteiger partial charge in [0.1, 0.15) is 23.7 Å². The summed E-state index contributed by atoms with van der Waals surface area (Å²) in [5.74, 6) is 0.771. The van der Waals surface area contributed by atoms with Crippen molar-refractivity contribution < 1.29 is 18.7 Å². The number of hydrogen-bond donors (Lipinski definition) is 1. The van der Waals surface area contributed by atoms with Crippen LogP contribution in [-0.2, 0) is 6.54 Å². The molecule has 0 saturated heterocycles. The van der Waals surface area contributed by atoms with Crippen LogP contribution in [-0.4, -0.2) is 39.8 Å². The summed E-state index contributed by atoms with van der Waals surface area (Å²) in [6.45, 7) is 5.36. The zero-order valence-corrected chi connectivity index (χ0v) is 16.3. The standard InChI is InChI=1S/C20H22FN5O3/c1-3-6-28-16-5-4-14(21)7-13(16)9-25-12(2)11-29-17-10-26-19(24-20(17)25)15(8-23-26)18(22)27/h4-5,7-8,10,12H,3,6,9,11H2,1-2H3,(H2,22,27). The van der Waals surface area contributed by atoms with Gasteiger partial charge >= 0.3 is 0 Å². The lowest BCUT2D eigenvalue weighted by Gasteiger charge is -2.36. The van der Waals surface area contributed by atoms with Gasteiger partial charge in [0.05, 0.1) is 25.0 Å². The van der Waals surface area contributed by atoms with Crippen molar-refractivity contribution in [3.05, 3.63) is 47.5 Å². The van der Waals surface area contributed by atoms with Gasteiger partial charge < -0.3 is 20.1 Å². The summed E-state index contributed by atoms with van der Waals surface area (Å²) in [6.07, 6.45) is 3.90. The number of benzene rings is 1. The zero-order chi connectivity index (χ0) is 20.5. The van der Waals surface area contributed by atoms with Crippen LogP contribution in [0.2, 0.25) is 0 Å². The van der Waals surface area contributed by atoms with Gasteiger partial charge in [0, 0.05) is 12.1 Å². The Morgan fingerprint density at radius 3 is 3.03 bits per heavy atom. The third kappa shape index (κ3) is 3.55. The summed E-state index contributed by atoms with van der Waals surface area (Å²) in [7, 11) is 0. The van der Waals surface area contributed by atoms with Crippen molar-refractivity contribution in [1.29, 1.82) is 0 Å². The van der Waals surface area contributed by atoms with Crippen molar-refractivity contribution in [2.75, 3.05) is 18.1 Å². The van der Waals surface area contributed by atoms with Crippen molar-refractivity contribution >= 4 is 17.4 Å². The van der Waals surface area contributed by atoms with Crippen molar-refractivity contribution in [2.24, 2.45) is 5.73 Å². The number of anilines is 1. The molecule has 0 spiro atoms. The molecule has 0 fully saturated rings. The van der Waals surface area contributed by atoms with Crippen LogP contribution in [0.4, 0.5) is 10.2 Å². The molecule has 0 bridgehead atoms. The maximum absolute atomic E-state index is 13.9. The quantitative estimate of drug-likeness (QED) is 0.685. The molecule has 0 aliphatic carbocycles. The Morgan fingerprint density at radius 1 is 1.45 bits per heavy atom. The van der Waals surface area contributed by atoms with E-state index in [2.05, 4.69) is 10.1 Å². The molecule has 9 heteroatoms. The molecule has 1 amide bonds. The van der Waals surface area contributed by atoms with Crippen LogP contribution in [0.15, 0.2) is 30.6 Å². The van der Waals surface area contributed by atoms with E-state index in [0.717, 1.165) is 6.42 Å². The van der Waals surface area contributed by atoms with Gasteiger partial charge in [-0.3, -0.25) is 4.79 Å². The summed E-state index contributed by atoms with van der Waals surface area (Å²) < 4.78 is 27.0. The molecule has 8 nitrogen and oxygen atoms in total. The summed E-state index contributed by atoms with van der Waals surface area (Å²) >= 11 is 0. The van der Waals surface area contributed by atoms with E-state index < -0.39 is 5.91 Å². The highest BCUT2D eigenvalue weighted by Crippen LogP contribution is 2.35. The van der Waals surface area contributed by atoms with Gasteiger partial charge in [0.15, 0.2) is 17.2 Å². The SMILES string of the molecule is CCCOc1ccc(F)cc1CN1c2nc3c(C(N)=O)cnn3cc2OCC1C. The van der Waals surface area contributed by atoms with Crippen LogP contribution in [0.5, 0.6) is 11.5 Å². The van der Waals surface area contributed by atoms with Crippen LogP contribution in [0, 0.1) is 5.82 Å². The van der Waals surface area contributed by atoms with Crippen LogP contribution in [0.25, 0.3) is 5.65 Å². The second-order valence-corrected chi connectivity index (χ2v) is 7.01. The number of halogens is 1. The average Bonchev–Trinajstić information content (AvgIpc) is 3.11. The van der Waals surface area contributed by atoms with E-state index in [-0.39, 0.29) is 17.4 Å². The Kier molecular flexibility index (Phi) is 4.96. The average molecular weight is 399 g/mol. The third-order valence-electron chi connectivity index (χ3n) is 4.82. The molecule has 1 atom stereocenters. The monoisotopic (exact) mass is 399 g/mol. The maximum Gasteiger partial charge on any atom is 0.254 e. The Morgan fingerprint density at radius 2 is 2.28 bits per heavy atom. The number of nitrogens with zero attached hydrogens (tertiary/aromatic N) is 4. The van der Waals surface area contributed by atoms with Crippen LogP contribution in [0.3, 0.4) is 0 Å². The molecule has 29 heavy (non-hydrogen) atoms. The van der Waals surface area contributed by atoms with Gasteiger partial charge in [0.2, 0.25) is 0 Å². The summed E-state index contributed by atoms with van der Waals surface area (Å²) in [4.78, 5) is 18.3. The Balaban J connectivity index is 1.76. The lowest BCUT2D eigenvalue weighted by atomic mass is 10.1. The first-order valence-electron chi connectivity index (χ1n) is 9.46. The zero-order valence-electron chi connectivity index (χ0n) is 16.3. The first kappa shape index (κ1) is 19.0. The second-order valence-electron chi connectivity index (χ2n) is 7.01. The maximum atomic E-state index is 13.9. The predicted molar refractivity (Wildman–Crippen MR) is 105 cm³/mol. The number of carbonyl (C=O) groups is 1. The molecule has 152 valence electrons. The number of aromatic nitrogens is 3. The molecule has 2 N–H and O–H groups in total. The minimum Gasteiger partial charge on any atom is -0.493 e. The molecule has 2 aromatic heterocycles. The van der Waals surface area contributed by atoms with E-state index in [9.17, 15) is 9.18 Å². The molecule has 0 radical (unpaired) electrons. The lowest BCUT2D eigenvalue weighted by molar-refractivity contribution is 0.100. The largest absolute Gasteiger partial charge is 0.493 e. The first-order valence-corrected chi connectivity index (χ1v) is 9.46. The fraction of sp³-hybridized carbons (Fsp3) is 0.350. The normalized spacial score (nSPS) is 15.8. The van der Waals surface area contributed by atoms with Gasteiger partial charge in [0.25, 0.3) is 5.91 Å². The van der Waals surface area contributed by atoms with E-state index in [1.54, 1.807) is 12.3 Å². The highest BCUT2D eigenvalue weighted by molar-refractivity contribution is 5.98. The topological polar surface area (TPSA) is 95.0 Å². The molecular weight excluding hydrogens is 377 g/mol. The van der Waals surface area contributed by atoms with E-state index in [1.165, 1.54) is 22.8 Å². The highest BCUT2D eigenvalue weighted by atomic mass is 19.1. The predicted octanol–water partition coefficient (Wildman–Crippen LogP) is 2.54. The minimum absolute atomic E-state index is 0.0281. The molecule has 4 rings (SSSR count). The van der Waals surface area contributed by atoms with Crippen molar-refractivity contribution in [3.63, 3.8) is 0 Å². The van der Waals surface area contributed by atoms with E-state index >= 15 is 0 Å². The van der Waals surface area contributed by atoms with Crippen LogP contribution >= 0.6 is 0 Å². The second kappa shape index (κ2) is 7.57. The van der Waals surface area contributed by atoms with E-state index in [1.807, 2.05) is 18.7 Å². The number of amides is 1. The minimum atomic E-state index is -0.607.